The van der Waals surface area contributed by atoms with Gasteiger partial charge in [-0.2, -0.15) is 18.3 Å². The number of nitrogens with zero attached hydrogens (tertiary/aromatic N) is 3. The predicted octanol–water partition coefficient (Wildman–Crippen LogP) is 3.24. The lowest BCUT2D eigenvalue weighted by atomic mass is 10.2. The van der Waals surface area contributed by atoms with Crippen molar-refractivity contribution in [3.63, 3.8) is 0 Å². The maximum absolute atomic E-state index is 12.7. The number of amides is 1. The molecule has 0 bridgehead atoms. The molecule has 0 saturated heterocycles. The van der Waals surface area contributed by atoms with Crippen LogP contribution in [-0.2, 0) is 17.5 Å². The van der Waals surface area contributed by atoms with E-state index >= 15 is 0 Å². The van der Waals surface area contributed by atoms with E-state index in [1.165, 1.54) is 16.8 Å². The van der Waals surface area contributed by atoms with E-state index in [2.05, 4.69) is 22.0 Å². The van der Waals surface area contributed by atoms with E-state index in [-0.39, 0.29) is 12.5 Å². The smallest absolute Gasteiger partial charge is 0.347 e. The van der Waals surface area contributed by atoms with Crippen molar-refractivity contribution in [1.82, 2.24) is 20.1 Å². The standard InChI is InChI=1S/C17H13F3N4O/c1-2-15(25)22-10-14-13-4-3-9-21-16(13)24(23-14)12-7-5-11(6-8-12)17(18,19)20/h2-9H,1,10H2,(H,22,25). The number of nitrogens with one attached hydrogen (secondary N) is 1. The molecule has 0 aliphatic carbocycles. The molecule has 0 saturated carbocycles. The number of carbonyl (C=O) groups excluding carboxylic acids is 1. The van der Waals surface area contributed by atoms with E-state index < -0.39 is 11.7 Å². The third-order valence-electron chi connectivity index (χ3n) is 3.57. The van der Waals surface area contributed by atoms with Crippen LogP contribution in [0.4, 0.5) is 13.2 Å². The van der Waals surface area contributed by atoms with Crippen molar-refractivity contribution in [2.24, 2.45) is 0 Å². The van der Waals surface area contributed by atoms with E-state index in [1.807, 2.05) is 0 Å². The van der Waals surface area contributed by atoms with Crippen molar-refractivity contribution in [3.8, 4) is 5.69 Å². The van der Waals surface area contributed by atoms with Gasteiger partial charge in [-0.15, -0.1) is 0 Å². The number of alkyl halides is 3. The Balaban J connectivity index is 2.01. The van der Waals surface area contributed by atoms with E-state index in [9.17, 15) is 18.0 Å². The minimum atomic E-state index is -4.40. The summed E-state index contributed by atoms with van der Waals surface area (Å²) in [5.41, 5.74) is 0.750. The largest absolute Gasteiger partial charge is 0.416 e. The van der Waals surface area contributed by atoms with Gasteiger partial charge in [0.2, 0.25) is 5.91 Å². The Morgan fingerprint density at radius 2 is 1.96 bits per heavy atom. The van der Waals surface area contributed by atoms with Gasteiger partial charge in [0.25, 0.3) is 0 Å². The molecule has 5 nitrogen and oxygen atoms in total. The van der Waals surface area contributed by atoms with Gasteiger partial charge in [0.05, 0.1) is 23.5 Å². The summed E-state index contributed by atoms with van der Waals surface area (Å²) in [6.07, 6.45) is -1.69. The van der Waals surface area contributed by atoms with Crippen LogP contribution in [0.2, 0.25) is 0 Å². The second-order valence-corrected chi connectivity index (χ2v) is 5.20. The lowest BCUT2D eigenvalue weighted by Crippen LogP contribution is -2.20. The summed E-state index contributed by atoms with van der Waals surface area (Å²) in [6, 6.07) is 8.15. The Morgan fingerprint density at radius 1 is 1.24 bits per heavy atom. The van der Waals surface area contributed by atoms with Crippen LogP contribution in [0.1, 0.15) is 11.3 Å². The topological polar surface area (TPSA) is 59.8 Å². The van der Waals surface area contributed by atoms with Crippen molar-refractivity contribution in [1.29, 1.82) is 0 Å². The Hall–Kier alpha value is -3.16. The summed E-state index contributed by atoms with van der Waals surface area (Å²) in [5.74, 6) is -0.346. The molecule has 3 rings (SSSR count). The summed E-state index contributed by atoms with van der Waals surface area (Å²) in [7, 11) is 0. The molecule has 0 aliphatic heterocycles. The zero-order valence-electron chi connectivity index (χ0n) is 12.9. The molecular weight excluding hydrogens is 333 g/mol. The maximum Gasteiger partial charge on any atom is 0.416 e. The van der Waals surface area contributed by atoms with Gasteiger partial charge in [-0.05, 0) is 42.5 Å². The van der Waals surface area contributed by atoms with Gasteiger partial charge in [0, 0.05) is 11.6 Å². The molecule has 0 fully saturated rings. The number of halogens is 3. The molecule has 2 aromatic heterocycles. The molecule has 0 spiro atoms. The molecule has 0 radical (unpaired) electrons. The minimum absolute atomic E-state index is 0.153. The van der Waals surface area contributed by atoms with Crippen LogP contribution in [0.5, 0.6) is 0 Å². The number of carbonyl (C=O) groups is 1. The predicted molar refractivity (Wildman–Crippen MR) is 85.9 cm³/mol. The first kappa shape index (κ1) is 16.7. The van der Waals surface area contributed by atoms with Gasteiger partial charge in [-0.3, -0.25) is 4.79 Å². The number of hydrogen-bond acceptors (Lipinski definition) is 3. The van der Waals surface area contributed by atoms with Gasteiger partial charge < -0.3 is 5.32 Å². The molecule has 128 valence electrons. The highest BCUT2D eigenvalue weighted by molar-refractivity contribution is 5.87. The van der Waals surface area contributed by atoms with Gasteiger partial charge >= 0.3 is 6.18 Å². The molecule has 25 heavy (non-hydrogen) atoms. The lowest BCUT2D eigenvalue weighted by molar-refractivity contribution is -0.137. The highest BCUT2D eigenvalue weighted by Crippen LogP contribution is 2.30. The summed E-state index contributed by atoms with van der Waals surface area (Å²) >= 11 is 0. The van der Waals surface area contributed by atoms with E-state index in [1.54, 1.807) is 18.3 Å². The van der Waals surface area contributed by atoms with Crippen LogP contribution in [0.25, 0.3) is 16.7 Å². The molecular formula is C17H13F3N4O. The lowest BCUT2D eigenvalue weighted by Gasteiger charge is -2.08. The number of pyridine rings is 1. The summed E-state index contributed by atoms with van der Waals surface area (Å²) in [6.45, 7) is 3.53. The van der Waals surface area contributed by atoms with Crippen LogP contribution in [-0.4, -0.2) is 20.7 Å². The van der Waals surface area contributed by atoms with Crippen molar-refractivity contribution < 1.29 is 18.0 Å². The molecule has 1 N–H and O–H groups in total. The number of rotatable bonds is 4. The van der Waals surface area contributed by atoms with Crippen LogP contribution >= 0.6 is 0 Å². The fourth-order valence-electron chi connectivity index (χ4n) is 2.36. The van der Waals surface area contributed by atoms with Gasteiger partial charge in [0.15, 0.2) is 5.65 Å². The fourth-order valence-corrected chi connectivity index (χ4v) is 2.36. The average molecular weight is 346 g/mol. The van der Waals surface area contributed by atoms with Crippen LogP contribution < -0.4 is 5.32 Å². The highest BCUT2D eigenvalue weighted by Gasteiger charge is 2.30. The number of fused-ring (bicyclic) bond motifs is 1. The molecule has 3 aromatic rings. The second-order valence-electron chi connectivity index (χ2n) is 5.20. The summed E-state index contributed by atoms with van der Waals surface area (Å²) < 4.78 is 39.6. The van der Waals surface area contributed by atoms with E-state index in [0.717, 1.165) is 18.2 Å². The van der Waals surface area contributed by atoms with Crippen molar-refractivity contribution >= 4 is 16.9 Å². The number of aromatic nitrogens is 3. The zero-order chi connectivity index (χ0) is 18.0. The first-order valence-corrected chi connectivity index (χ1v) is 7.30. The number of hydrogen-bond donors (Lipinski definition) is 1. The van der Waals surface area contributed by atoms with Crippen molar-refractivity contribution in [2.75, 3.05) is 0 Å². The van der Waals surface area contributed by atoms with Gasteiger partial charge in [-0.25, -0.2) is 9.67 Å². The Bertz CT molecular complexity index is 929. The van der Waals surface area contributed by atoms with Crippen molar-refractivity contribution in [3.05, 3.63) is 66.5 Å². The zero-order valence-corrected chi connectivity index (χ0v) is 12.9. The Kier molecular flexibility index (Phi) is 4.26. The second kappa shape index (κ2) is 6.39. The normalized spacial score (nSPS) is 11.5. The third-order valence-corrected chi connectivity index (χ3v) is 3.57. The Labute approximate surface area is 140 Å². The molecule has 8 heteroatoms. The Morgan fingerprint density at radius 3 is 2.60 bits per heavy atom. The van der Waals surface area contributed by atoms with E-state index in [4.69, 9.17) is 0 Å². The first-order valence-electron chi connectivity index (χ1n) is 7.30. The highest BCUT2D eigenvalue weighted by atomic mass is 19.4. The van der Waals surface area contributed by atoms with Gasteiger partial charge in [0.1, 0.15) is 0 Å². The first-order chi connectivity index (χ1) is 11.9. The fraction of sp³-hybridized carbons (Fsp3) is 0.118. The third kappa shape index (κ3) is 3.37. The summed E-state index contributed by atoms with van der Waals surface area (Å²) in [4.78, 5) is 15.6. The van der Waals surface area contributed by atoms with Crippen LogP contribution in [0.15, 0.2) is 55.3 Å². The minimum Gasteiger partial charge on any atom is -0.347 e. The van der Waals surface area contributed by atoms with Crippen molar-refractivity contribution in [2.45, 2.75) is 12.7 Å². The van der Waals surface area contributed by atoms with Gasteiger partial charge in [-0.1, -0.05) is 6.58 Å². The maximum atomic E-state index is 12.7. The molecule has 0 unspecified atom stereocenters. The van der Waals surface area contributed by atoms with Crippen LogP contribution in [0, 0.1) is 0 Å². The number of benzene rings is 1. The van der Waals surface area contributed by atoms with E-state index in [0.29, 0.717) is 22.4 Å². The molecule has 1 amide bonds. The average Bonchev–Trinajstić information content (AvgIpc) is 2.98. The summed E-state index contributed by atoms with van der Waals surface area (Å²) in [5, 5.41) is 7.71. The molecule has 1 aromatic carbocycles. The molecule has 2 heterocycles. The SMILES string of the molecule is C=CC(=O)NCc1nn(-c2ccc(C(F)(F)F)cc2)c2ncccc12. The van der Waals surface area contributed by atoms with Crippen LogP contribution in [0.3, 0.4) is 0 Å². The molecule has 0 aliphatic rings. The monoisotopic (exact) mass is 346 g/mol. The molecule has 0 atom stereocenters. The quantitative estimate of drug-likeness (QED) is 0.738.